The second-order valence-corrected chi connectivity index (χ2v) is 5.08. The van der Waals surface area contributed by atoms with E-state index in [2.05, 4.69) is 62.4 Å². The lowest BCUT2D eigenvalue weighted by molar-refractivity contribution is 1.04. The minimum Gasteiger partial charge on any atom is -0.0655 e. The molecule has 0 unspecified atom stereocenters. The summed E-state index contributed by atoms with van der Waals surface area (Å²) in [6, 6.07) is 15.5. The fraction of sp³-hybridized carbons (Fsp3) is 0.222. The molecule has 0 aliphatic heterocycles. The van der Waals surface area contributed by atoms with Gasteiger partial charge in [0.05, 0.1) is 0 Å². The van der Waals surface area contributed by atoms with Gasteiger partial charge in [0.2, 0.25) is 0 Å². The minimum atomic E-state index is 1.13. The molecule has 3 rings (SSSR count). The van der Waals surface area contributed by atoms with Gasteiger partial charge in [-0.3, -0.25) is 0 Å². The molecule has 0 radical (unpaired) electrons. The summed E-state index contributed by atoms with van der Waals surface area (Å²) >= 11 is 0. The molecular formula is C18H18. The third-order valence-corrected chi connectivity index (χ3v) is 3.75. The number of allylic oxidation sites excluding steroid dienone is 1. The number of hydrogen-bond acceptors (Lipinski definition) is 0. The number of hydrogen-bond donors (Lipinski definition) is 0. The van der Waals surface area contributed by atoms with Crippen LogP contribution in [0.2, 0.25) is 0 Å². The van der Waals surface area contributed by atoms with Gasteiger partial charge in [-0.05, 0) is 42.0 Å². The molecule has 0 aromatic heterocycles. The fourth-order valence-corrected chi connectivity index (χ4v) is 2.73. The van der Waals surface area contributed by atoms with E-state index in [0.29, 0.717) is 0 Å². The highest BCUT2D eigenvalue weighted by Gasteiger charge is 2.15. The van der Waals surface area contributed by atoms with Gasteiger partial charge in [0, 0.05) is 0 Å². The lowest BCUT2D eigenvalue weighted by Crippen LogP contribution is -1.87. The van der Waals surface area contributed by atoms with Gasteiger partial charge < -0.3 is 0 Å². The smallest absolute Gasteiger partial charge is 0.00577 e. The molecule has 0 amide bonds. The summed E-state index contributed by atoms with van der Waals surface area (Å²) in [6.07, 6.45) is 4.67. The van der Waals surface area contributed by atoms with E-state index in [4.69, 9.17) is 0 Å². The van der Waals surface area contributed by atoms with Crippen LogP contribution < -0.4 is 0 Å². The third-order valence-electron chi connectivity index (χ3n) is 3.75. The van der Waals surface area contributed by atoms with Gasteiger partial charge in [-0.15, -0.1) is 0 Å². The van der Waals surface area contributed by atoms with Crippen LogP contribution in [0.25, 0.3) is 17.2 Å². The summed E-state index contributed by atoms with van der Waals surface area (Å²) in [5, 5.41) is 0. The van der Waals surface area contributed by atoms with E-state index >= 15 is 0 Å². The maximum Gasteiger partial charge on any atom is -0.00577 e. The van der Waals surface area contributed by atoms with Crippen molar-refractivity contribution in [2.24, 2.45) is 0 Å². The van der Waals surface area contributed by atoms with Crippen molar-refractivity contribution in [1.82, 2.24) is 0 Å². The third kappa shape index (κ3) is 1.88. The van der Waals surface area contributed by atoms with E-state index in [9.17, 15) is 0 Å². The minimum absolute atomic E-state index is 1.13. The summed E-state index contributed by atoms with van der Waals surface area (Å²) in [6.45, 7) is 4.39. The van der Waals surface area contributed by atoms with Gasteiger partial charge in [0.1, 0.15) is 0 Å². The molecule has 2 aromatic rings. The standard InChI is InChI=1S/C18H18/c1-3-14-11-16-8-5-9-17(18(16)12-14)15-7-4-6-13(2)10-15/h4-10,12H,3,11H2,1-2H3. The number of fused-ring (bicyclic) bond motifs is 1. The van der Waals surface area contributed by atoms with Crippen LogP contribution in [0.1, 0.15) is 30.0 Å². The molecular weight excluding hydrogens is 216 g/mol. The first-order chi connectivity index (χ1) is 8.78. The van der Waals surface area contributed by atoms with Crippen LogP contribution in [0.4, 0.5) is 0 Å². The summed E-state index contributed by atoms with van der Waals surface area (Å²) in [7, 11) is 0. The van der Waals surface area contributed by atoms with Gasteiger partial charge in [0.25, 0.3) is 0 Å². The molecule has 0 saturated carbocycles. The average molecular weight is 234 g/mol. The summed E-state index contributed by atoms with van der Waals surface area (Å²) in [5.41, 5.74) is 8.49. The molecule has 0 nitrogen and oxygen atoms in total. The van der Waals surface area contributed by atoms with Crippen LogP contribution in [0.15, 0.2) is 48.0 Å². The van der Waals surface area contributed by atoms with Crippen LogP contribution in [0.3, 0.4) is 0 Å². The second kappa shape index (κ2) is 4.45. The highest BCUT2D eigenvalue weighted by Crippen LogP contribution is 2.34. The first-order valence-corrected chi connectivity index (χ1v) is 6.66. The van der Waals surface area contributed by atoms with Gasteiger partial charge in [-0.1, -0.05) is 66.6 Å². The van der Waals surface area contributed by atoms with Crippen molar-refractivity contribution >= 4 is 6.08 Å². The van der Waals surface area contributed by atoms with Gasteiger partial charge in [-0.25, -0.2) is 0 Å². The SMILES string of the molecule is CCC1=Cc2c(cccc2-c2cccc(C)c2)C1. The molecule has 1 aliphatic rings. The molecule has 0 atom stereocenters. The Morgan fingerprint density at radius 3 is 2.67 bits per heavy atom. The van der Waals surface area contributed by atoms with Crippen LogP contribution in [-0.2, 0) is 6.42 Å². The first kappa shape index (κ1) is 11.3. The molecule has 0 saturated heterocycles. The van der Waals surface area contributed by atoms with Crippen molar-refractivity contribution in [3.63, 3.8) is 0 Å². The van der Waals surface area contributed by atoms with Gasteiger partial charge in [0.15, 0.2) is 0 Å². The van der Waals surface area contributed by atoms with Crippen molar-refractivity contribution in [2.75, 3.05) is 0 Å². The Morgan fingerprint density at radius 1 is 1.06 bits per heavy atom. The van der Waals surface area contributed by atoms with E-state index in [1.807, 2.05) is 0 Å². The Kier molecular flexibility index (Phi) is 2.79. The predicted molar refractivity (Wildman–Crippen MR) is 78.6 cm³/mol. The quantitative estimate of drug-likeness (QED) is 0.685. The van der Waals surface area contributed by atoms with E-state index in [0.717, 1.165) is 12.8 Å². The zero-order chi connectivity index (χ0) is 12.5. The van der Waals surface area contributed by atoms with Crippen LogP contribution in [-0.4, -0.2) is 0 Å². The van der Waals surface area contributed by atoms with Crippen molar-refractivity contribution < 1.29 is 0 Å². The fourth-order valence-electron chi connectivity index (χ4n) is 2.73. The van der Waals surface area contributed by atoms with Crippen LogP contribution >= 0.6 is 0 Å². The zero-order valence-electron chi connectivity index (χ0n) is 11.0. The maximum absolute atomic E-state index is 2.38. The number of aryl methyl sites for hydroxylation is 1. The van der Waals surface area contributed by atoms with E-state index in [-0.39, 0.29) is 0 Å². The van der Waals surface area contributed by atoms with Crippen molar-refractivity contribution in [1.29, 1.82) is 0 Å². The number of benzene rings is 2. The van der Waals surface area contributed by atoms with Gasteiger partial charge >= 0.3 is 0 Å². The van der Waals surface area contributed by atoms with E-state index < -0.39 is 0 Å². The normalized spacial score (nSPS) is 13.3. The second-order valence-electron chi connectivity index (χ2n) is 5.08. The largest absolute Gasteiger partial charge is 0.0655 e. The first-order valence-electron chi connectivity index (χ1n) is 6.66. The molecule has 0 spiro atoms. The Bertz CT molecular complexity index is 618. The lowest BCUT2D eigenvalue weighted by Gasteiger charge is -2.08. The molecule has 18 heavy (non-hydrogen) atoms. The molecule has 0 fully saturated rings. The summed E-state index contributed by atoms with van der Waals surface area (Å²) in [5.74, 6) is 0. The molecule has 0 heterocycles. The van der Waals surface area contributed by atoms with Crippen molar-refractivity contribution in [3.8, 4) is 11.1 Å². The average Bonchev–Trinajstić information content (AvgIpc) is 2.81. The van der Waals surface area contributed by atoms with Crippen molar-refractivity contribution in [2.45, 2.75) is 26.7 Å². The molecule has 1 aliphatic carbocycles. The zero-order valence-corrected chi connectivity index (χ0v) is 11.0. The Balaban J connectivity index is 2.15. The predicted octanol–water partition coefficient (Wildman–Crippen LogP) is 5.01. The van der Waals surface area contributed by atoms with Crippen LogP contribution in [0.5, 0.6) is 0 Å². The van der Waals surface area contributed by atoms with Crippen molar-refractivity contribution in [3.05, 3.63) is 64.7 Å². The maximum atomic E-state index is 2.38. The Morgan fingerprint density at radius 2 is 1.89 bits per heavy atom. The number of rotatable bonds is 2. The molecule has 0 heteroatoms. The monoisotopic (exact) mass is 234 g/mol. The van der Waals surface area contributed by atoms with E-state index in [1.165, 1.54) is 27.8 Å². The summed E-state index contributed by atoms with van der Waals surface area (Å²) < 4.78 is 0. The molecule has 0 bridgehead atoms. The Labute approximate surface area is 109 Å². The Hall–Kier alpha value is -1.82. The lowest BCUT2D eigenvalue weighted by atomic mass is 9.96. The molecule has 90 valence electrons. The topological polar surface area (TPSA) is 0 Å². The molecule has 2 aromatic carbocycles. The highest BCUT2D eigenvalue weighted by molar-refractivity contribution is 5.80. The van der Waals surface area contributed by atoms with E-state index in [1.54, 1.807) is 5.57 Å². The van der Waals surface area contributed by atoms with Gasteiger partial charge in [-0.2, -0.15) is 0 Å². The highest BCUT2D eigenvalue weighted by atomic mass is 14.2. The summed E-state index contributed by atoms with van der Waals surface area (Å²) in [4.78, 5) is 0. The molecule has 0 N–H and O–H groups in total. The van der Waals surface area contributed by atoms with Crippen LogP contribution in [0, 0.1) is 6.92 Å².